The number of fused-ring (bicyclic) bond motifs is 1. The van der Waals surface area contributed by atoms with E-state index in [1.54, 1.807) is 18.2 Å². The summed E-state index contributed by atoms with van der Waals surface area (Å²) >= 11 is 7.50. The molecule has 32 heavy (non-hydrogen) atoms. The first-order valence-corrected chi connectivity index (χ1v) is 11.4. The van der Waals surface area contributed by atoms with Crippen molar-refractivity contribution in [1.29, 1.82) is 0 Å². The smallest absolute Gasteiger partial charge is 0.263 e. The molecule has 1 N–H and O–H groups in total. The molecule has 4 rings (SSSR count). The molecule has 0 saturated heterocycles. The van der Waals surface area contributed by atoms with Gasteiger partial charge in [0.15, 0.2) is 0 Å². The Bertz CT molecular complexity index is 1350. The molecule has 4 aromatic rings. The van der Waals surface area contributed by atoms with Crippen molar-refractivity contribution >= 4 is 44.7 Å². The molecule has 8 heteroatoms. The molecule has 1 atom stereocenters. The summed E-state index contributed by atoms with van der Waals surface area (Å²) < 4.78 is 6.71. The van der Waals surface area contributed by atoms with Gasteiger partial charge in [-0.25, -0.2) is 4.98 Å². The van der Waals surface area contributed by atoms with Crippen LogP contribution in [0.25, 0.3) is 21.3 Å². The van der Waals surface area contributed by atoms with Gasteiger partial charge in [-0.2, -0.15) is 0 Å². The lowest BCUT2D eigenvalue weighted by Gasteiger charge is -2.19. The van der Waals surface area contributed by atoms with Crippen LogP contribution in [0.4, 0.5) is 5.69 Å². The fourth-order valence-electron chi connectivity index (χ4n) is 3.62. The third kappa shape index (κ3) is 4.13. The number of amides is 1. The van der Waals surface area contributed by atoms with E-state index < -0.39 is 6.04 Å². The van der Waals surface area contributed by atoms with Gasteiger partial charge in [-0.3, -0.25) is 14.2 Å². The number of methoxy groups -OCH3 is 1. The maximum Gasteiger partial charge on any atom is 0.263 e. The number of anilines is 1. The van der Waals surface area contributed by atoms with Crippen LogP contribution in [0.2, 0.25) is 5.02 Å². The topological polar surface area (TPSA) is 73.2 Å². The molecule has 0 fully saturated rings. The minimum absolute atomic E-state index is 0.244. The van der Waals surface area contributed by atoms with Crippen LogP contribution < -0.4 is 15.6 Å². The number of nitrogens with zero attached hydrogens (tertiary/aromatic N) is 2. The fraction of sp³-hybridized carbons (Fsp3) is 0.208. The van der Waals surface area contributed by atoms with Gasteiger partial charge in [0.1, 0.15) is 16.6 Å². The van der Waals surface area contributed by atoms with E-state index >= 15 is 0 Å². The van der Waals surface area contributed by atoms with Crippen LogP contribution in [0, 0.1) is 6.92 Å². The molecule has 0 radical (unpaired) electrons. The summed E-state index contributed by atoms with van der Waals surface area (Å²) in [6.07, 6.45) is 1.86. The summed E-state index contributed by atoms with van der Waals surface area (Å²) in [7, 11) is 1.52. The Hall–Kier alpha value is -3.16. The first-order chi connectivity index (χ1) is 15.4. The van der Waals surface area contributed by atoms with Crippen molar-refractivity contribution in [1.82, 2.24) is 9.55 Å². The molecular weight excluding hydrogens is 446 g/mol. The van der Waals surface area contributed by atoms with Gasteiger partial charge in [0.2, 0.25) is 5.91 Å². The molecule has 2 heterocycles. The number of ether oxygens (including phenoxy) is 1. The van der Waals surface area contributed by atoms with Gasteiger partial charge in [0.05, 0.1) is 24.5 Å². The molecule has 1 unspecified atom stereocenters. The van der Waals surface area contributed by atoms with E-state index in [1.165, 1.54) is 29.3 Å². The first-order valence-electron chi connectivity index (χ1n) is 10.1. The van der Waals surface area contributed by atoms with Crippen molar-refractivity contribution in [3.05, 3.63) is 75.1 Å². The highest BCUT2D eigenvalue weighted by Gasteiger charge is 2.23. The molecular formula is C24H22ClN3O3S. The van der Waals surface area contributed by atoms with Crippen LogP contribution in [0.1, 0.15) is 24.9 Å². The number of hydrogen-bond acceptors (Lipinski definition) is 5. The number of carbonyl (C=O) groups is 1. The highest BCUT2D eigenvalue weighted by atomic mass is 35.5. The molecule has 0 aliphatic heterocycles. The van der Waals surface area contributed by atoms with E-state index in [0.717, 1.165) is 16.7 Å². The highest BCUT2D eigenvalue weighted by Crippen LogP contribution is 2.32. The normalized spacial score (nSPS) is 12.0. The van der Waals surface area contributed by atoms with Crippen LogP contribution in [0.5, 0.6) is 5.75 Å². The zero-order valence-corrected chi connectivity index (χ0v) is 19.5. The fourth-order valence-corrected chi connectivity index (χ4v) is 4.69. The van der Waals surface area contributed by atoms with Gasteiger partial charge < -0.3 is 10.1 Å². The van der Waals surface area contributed by atoms with E-state index in [1.807, 2.05) is 43.5 Å². The molecule has 0 aliphatic carbocycles. The van der Waals surface area contributed by atoms with Gasteiger partial charge in [0, 0.05) is 16.0 Å². The second-order valence-electron chi connectivity index (χ2n) is 7.41. The third-order valence-corrected chi connectivity index (χ3v) is 6.45. The average Bonchev–Trinajstić information content (AvgIpc) is 3.21. The van der Waals surface area contributed by atoms with Gasteiger partial charge >= 0.3 is 0 Å². The van der Waals surface area contributed by atoms with Gasteiger partial charge in [-0.05, 0) is 37.1 Å². The van der Waals surface area contributed by atoms with Crippen LogP contribution in [0.15, 0.2) is 59.0 Å². The number of rotatable bonds is 6. The molecule has 2 aromatic carbocycles. The van der Waals surface area contributed by atoms with E-state index in [-0.39, 0.29) is 11.5 Å². The highest BCUT2D eigenvalue weighted by molar-refractivity contribution is 7.17. The number of hydrogen-bond donors (Lipinski definition) is 1. The lowest BCUT2D eigenvalue weighted by Crippen LogP contribution is -2.33. The summed E-state index contributed by atoms with van der Waals surface area (Å²) in [5.41, 5.74) is 3.11. The van der Waals surface area contributed by atoms with Crippen LogP contribution in [-0.4, -0.2) is 22.6 Å². The average molecular weight is 468 g/mol. The minimum Gasteiger partial charge on any atom is -0.495 e. The number of aromatic nitrogens is 2. The summed E-state index contributed by atoms with van der Waals surface area (Å²) in [6.45, 7) is 3.87. The second-order valence-corrected chi connectivity index (χ2v) is 8.70. The third-order valence-electron chi connectivity index (χ3n) is 5.33. The Morgan fingerprint density at radius 1 is 1.25 bits per heavy atom. The Morgan fingerprint density at radius 3 is 2.69 bits per heavy atom. The van der Waals surface area contributed by atoms with Gasteiger partial charge in [-0.1, -0.05) is 48.4 Å². The van der Waals surface area contributed by atoms with Gasteiger partial charge in [-0.15, -0.1) is 11.3 Å². The van der Waals surface area contributed by atoms with E-state index in [9.17, 15) is 9.59 Å². The number of thiophene rings is 1. The van der Waals surface area contributed by atoms with Crippen molar-refractivity contribution < 1.29 is 9.53 Å². The van der Waals surface area contributed by atoms with Crippen LogP contribution in [-0.2, 0) is 4.79 Å². The maximum absolute atomic E-state index is 13.5. The molecule has 164 valence electrons. The van der Waals surface area contributed by atoms with Crippen LogP contribution >= 0.6 is 22.9 Å². The standard InChI is InChI=1S/C24H22ClN3O3S/c1-4-19(22(29)27-18-11-16(25)9-10-20(18)31-3)28-13-26-23-21(24(28)30)17(12-32-23)15-7-5-14(2)6-8-15/h5-13,19H,4H2,1-3H3,(H,27,29). The zero-order valence-electron chi connectivity index (χ0n) is 17.9. The summed E-state index contributed by atoms with van der Waals surface area (Å²) in [5.74, 6) is 0.140. The van der Waals surface area contributed by atoms with Crippen molar-refractivity contribution in [2.75, 3.05) is 12.4 Å². The number of halogens is 1. The van der Waals surface area contributed by atoms with E-state index in [0.29, 0.717) is 33.1 Å². The molecule has 0 aliphatic rings. The predicted octanol–water partition coefficient (Wildman–Crippen LogP) is 5.69. The summed E-state index contributed by atoms with van der Waals surface area (Å²) in [6, 6.07) is 12.2. The molecule has 0 spiro atoms. The van der Waals surface area contributed by atoms with Crippen molar-refractivity contribution in [2.45, 2.75) is 26.3 Å². The Labute approximate surface area is 194 Å². The predicted molar refractivity (Wildman–Crippen MR) is 130 cm³/mol. The van der Waals surface area contributed by atoms with E-state index in [2.05, 4.69) is 10.3 Å². The number of aryl methyl sites for hydroxylation is 1. The quantitative estimate of drug-likeness (QED) is 0.395. The molecule has 0 bridgehead atoms. The minimum atomic E-state index is -0.742. The summed E-state index contributed by atoms with van der Waals surface area (Å²) in [4.78, 5) is 31.8. The van der Waals surface area contributed by atoms with Crippen molar-refractivity contribution in [3.63, 3.8) is 0 Å². The Kier molecular flexibility index (Phi) is 6.30. The van der Waals surface area contributed by atoms with Crippen molar-refractivity contribution in [2.24, 2.45) is 0 Å². The molecule has 0 saturated carbocycles. The summed E-state index contributed by atoms with van der Waals surface area (Å²) in [5, 5.41) is 5.77. The van der Waals surface area contributed by atoms with Gasteiger partial charge in [0.25, 0.3) is 5.56 Å². The number of benzene rings is 2. The Morgan fingerprint density at radius 2 is 2.00 bits per heavy atom. The molecule has 1 amide bonds. The monoisotopic (exact) mass is 467 g/mol. The Balaban J connectivity index is 1.74. The number of nitrogens with one attached hydrogen (secondary N) is 1. The lowest BCUT2D eigenvalue weighted by molar-refractivity contribution is -0.119. The van der Waals surface area contributed by atoms with E-state index in [4.69, 9.17) is 16.3 Å². The molecule has 6 nitrogen and oxygen atoms in total. The van der Waals surface area contributed by atoms with Crippen LogP contribution in [0.3, 0.4) is 0 Å². The van der Waals surface area contributed by atoms with Crippen molar-refractivity contribution in [3.8, 4) is 16.9 Å². The lowest BCUT2D eigenvalue weighted by atomic mass is 10.0. The molecule has 2 aromatic heterocycles. The largest absolute Gasteiger partial charge is 0.495 e. The maximum atomic E-state index is 13.5. The first kappa shape index (κ1) is 22.0. The number of carbonyl (C=O) groups excluding carboxylic acids is 1. The zero-order chi connectivity index (χ0) is 22.8. The SMILES string of the molecule is CCC(C(=O)Nc1cc(Cl)ccc1OC)n1cnc2scc(-c3ccc(C)cc3)c2c1=O. The second kappa shape index (κ2) is 9.14.